The predicted octanol–water partition coefficient (Wildman–Crippen LogP) is 2.14. The van der Waals surface area contributed by atoms with Crippen molar-refractivity contribution in [3.05, 3.63) is 28.8 Å². The van der Waals surface area contributed by atoms with Gasteiger partial charge in [0.25, 0.3) is 0 Å². The minimum atomic E-state index is -0.783. The molecule has 0 bridgehead atoms. The summed E-state index contributed by atoms with van der Waals surface area (Å²) in [4.78, 5) is 10.7. The Morgan fingerprint density at radius 3 is 2.88 bits per heavy atom. The zero-order valence-electron chi connectivity index (χ0n) is 9.36. The fourth-order valence-electron chi connectivity index (χ4n) is 1.92. The summed E-state index contributed by atoms with van der Waals surface area (Å²) in [5.74, 6) is -0.783. The largest absolute Gasteiger partial charge is 0.481 e. The van der Waals surface area contributed by atoms with E-state index in [9.17, 15) is 4.79 Å². The van der Waals surface area contributed by atoms with Crippen LogP contribution < -0.4 is 4.57 Å². The summed E-state index contributed by atoms with van der Waals surface area (Å²) in [6, 6.07) is 5.89. The molecule has 84 valence electrons. The molecule has 3 nitrogen and oxygen atoms in total. The van der Waals surface area contributed by atoms with Crippen molar-refractivity contribution in [2.75, 3.05) is 0 Å². The predicted molar refractivity (Wildman–Crippen MR) is 63.8 cm³/mol. The number of aliphatic carboxylic acids is 1. The Morgan fingerprint density at radius 1 is 1.50 bits per heavy atom. The molecule has 0 aliphatic rings. The maximum absolute atomic E-state index is 10.7. The Bertz CT molecular complexity index is 545. The van der Waals surface area contributed by atoms with Gasteiger partial charge >= 0.3 is 5.97 Å². The van der Waals surface area contributed by atoms with Gasteiger partial charge in [0.1, 0.15) is 11.2 Å². The number of hydrogen-bond acceptors (Lipinski definition) is 2. The molecule has 1 heterocycles. The molecule has 0 fully saturated rings. The van der Waals surface area contributed by atoms with Gasteiger partial charge in [-0.25, -0.2) is 0 Å². The van der Waals surface area contributed by atoms with Crippen molar-refractivity contribution in [2.45, 2.75) is 26.8 Å². The van der Waals surface area contributed by atoms with Gasteiger partial charge in [0.2, 0.25) is 10.5 Å². The van der Waals surface area contributed by atoms with E-state index in [4.69, 9.17) is 5.11 Å². The molecule has 1 aromatic heterocycles. The number of aromatic nitrogens is 1. The van der Waals surface area contributed by atoms with Crippen molar-refractivity contribution in [2.24, 2.45) is 0 Å². The van der Waals surface area contributed by atoms with Crippen molar-refractivity contribution in [3.8, 4) is 0 Å². The number of rotatable bonds is 3. The monoisotopic (exact) mass is 236 g/mol. The first-order valence-corrected chi connectivity index (χ1v) is 6.07. The third-order valence-corrected chi connectivity index (χ3v) is 3.70. The van der Waals surface area contributed by atoms with Crippen molar-refractivity contribution in [3.63, 3.8) is 0 Å². The molecule has 4 heteroatoms. The normalized spacial score (nSPS) is 10.9. The number of benzene rings is 1. The lowest BCUT2D eigenvalue weighted by atomic mass is 10.1. The first-order chi connectivity index (χ1) is 7.61. The van der Waals surface area contributed by atoms with Gasteiger partial charge in [0.15, 0.2) is 0 Å². The van der Waals surface area contributed by atoms with Crippen LogP contribution in [-0.2, 0) is 17.8 Å². The highest BCUT2D eigenvalue weighted by molar-refractivity contribution is 7.18. The number of carbonyl (C=O) groups is 1. The van der Waals surface area contributed by atoms with Crippen LogP contribution in [-0.4, -0.2) is 11.1 Å². The van der Waals surface area contributed by atoms with E-state index in [1.165, 1.54) is 9.71 Å². The average Bonchev–Trinajstić information content (AvgIpc) is 2.52. The smallest absolute Gasteiger partial charge is 0.307 e. The molecule has 16 heavy (non-hydrogen) atoms. The summed E-state index contributed by atoms with van der Waals surface area (Å²) < 4.78 is 3.43. The van der Waals surface area contributed by atoms with E-state index in [1.807, 2.05) is 18.2 Å². The molecule has 0 aliphatic carbocycles. The van der Waals surface area contributed by atoms with E-state index >= 15 is 0 Å². The molecular weight excluding hydrogens is 222 g/mol. The third kappa shape index (κ3) is 1.93. The zero-order valence-corrected chi connectivity index (χ0v) is 10.2. The van der Waals surface area contributed by atoms with Crippen LogP contribution in [0.2, 0.25) is 0 Å². The van der Waals surface area contributed by atoms with Gasteiger partial charge in [-0.3, -0.25) is 4.79 Å². The fourth-order valence-corrected chi connectivity index (χ4v) is 2.99. The van der Waals surface area contributed by atoms with E-state index in [0.717, 1.165) is 17.6 Å². The van der Waals surface area contributed by atoms with Crippen molar-refractivity contribution in [1.29, 1.82) is 0 Å². The molecule has 2 aromatic rings. The lowest BCUT2D eigenvalue weighted by molar-refractivity contribution is -0.669. The first kappa shape index (κ1) is 11.1. The number of carboxylic acids is 1. The summed E-state index contributed by atoms with van der Waals surface area (Å²) in [6.07, 6.45) is 0.0918. The molecule has 0 spiro atoms. The van der Waals surface area contributed by atoms with Crippen LogP contribution in [0.1, 0.15) is 17.5 Å². The Kier molecular flexibility index (Phi) is 2.92. The molecule has 1 N–H and O–H groups in total. The van der Waals surface area contributed by atoms with Crippen LogP contribution in [0.4, 0.5) is 0 Å². The Morgan fingerprint density at radius 2 is 2.25 bits per heavy atom. The van der Waals surface area contributed by atoms with Gasteiger partial charge in [0, 0.05) is 13.0 Å². The SMILES string of the molecule is CC[n+]1c(C)sc2ccc(CC(=O)O)cc21. The van der Waals surface area contributed by atoms with Crippen LogP contribution in [0, 0.1) is 6.92 Å². The molecule has 0 saturated heterocycles. The summed E-state index contributed by atoms with van der Waals surface area (Å²) in [5, 5.41) is 10.0. The van der Waals surface area contributed by atoms with Crippen molar-refractivity contribution in [1.82, 2.24) is 0 Å². The molecule has 1 aromatic carbocycles. The number of aryl methyl sites for hydroxylation is 2. The summed E-state index contributed by atoms with van der Waals surface area (Å²) >= 11 is 1.75. The van der Waals surface area contributed by atoms with Gasteiger partial charge in [0.05, 0.1) is 6.42 Å². The number of fused-ring (bicyclic) bond motifs is 1. The Balaban J connectivity index is 2.54. The highest BCUT2D eigenvalue weighted by Crippen LogP contribution is 2.21. The second kappa shape index (κ2) is 4.22. The van der Waals surface area contributed by atoms with Gasteiger partial charge in [-0.2, -0.15) is 4.57 Å². The third-order valence-electron chi connectivity index (χ3n) is 2.62. The molecule has 0 unspecified atom stereocenters. The van der Waals surface area contributed by atoms with Crippen LogP contribution in [0.15, 0.2) is 18.2 Å². The van der Waals surface area contributed by atoms with E-state index in [0.29, 0.717) is 0 Å². The van der Waals surface area contributed by atoms with Crippen molar-refractivity contribution >= 4 is 27.5 Å². The van der Waals surface area contributed by atoms with Gasteiger partial charge in [-0.15, -0.1) is 0 Å². The number of hydrogen-bond donors (Lipinski definition) is 1. The first-order valence-electron chi connectivity index (χ1n) is 5.25. The van der Waals surface area contributed by atoms with Crippen molar-refractivity contribution < 1.29 is 14.5 Å². The molecule has 0 atom stereocenters. The van der Waals surface area contributed by atoms with Gasteiger partial charge in [-0.05, 0) is 18.6 Å². The average molecular weight is 236 g/mol. The molecule has 2 rings (SSSR count). The van der Waals surface area contributed by atoms with Gasteiger partial charge in [-0.1, -0.05) is 17.4 Å². The molecule has 0 radical (unpaired) electrons. The number of nitrogens with zero attached hydrogens (tertiary/aromatic N) is 1. The molecular formula is C12H14NO2S+. The van der Waals surface area contributed by atoms with E-state index < -0.39 is 5.97 Å². The fraction of sp³-hybridized carbons (Fsp3) is 0.333. The maximum atomic E-state index is 10.7. The molecule has 0 saturated carbocycles. The summed E-state index contributed by atoms with van der Waals surface area (Å²) in [6.45, 7) is 5.11. The summed E-state index contributed by atoms with van der Waals surface area (Å²) in [5.41, 5.74) is 2.00. The van der Waals surface area contributed by atoms with Crippen LogP contribution >= 0.6 is 11.3 Å². The quantitative estimate of drug-likeness (QED) is 0.830. The highest BCUT2D eigenvalue weighted by atomic mass is 32.1. The molecule has 0 aliphatic heterocycles. The van der Waals surface area contributed by atoms with E-state index in [2.05, 4.69) is 18.4 Å². The highest BCUT2D eigenvalue weighted by Gasteiger charge is 2.16. The number of carboxylic acid groups (broad SMARTS) is 1. The lowest BCUT2D eigenvalue weighted by Gasteiger charge is -1.96. The van der Waals surface area contributed by atoms with Crippen LogP contribution in [0.25, 0.3) is 10.2 Å². The van der Waals surface area contributed by atoms with Gasteiger partial charge < -0.3 is 5.11 Å². The van der Waals surface area contributed by atoms with Crippen LogP contribution in [0.5, 0.6) is 0 Å². The van der Waals surface area contributed by atoms with Crippen LogP contribution in [0.3, 0.4) is 0 Å². The summed E-state index contributed by atoms with van der Waals surface area (Å²) in [7, 11) is 0. The topological polar surface area (TPSA) is 41.2 Å². The zero-order chi connectivity index (χ0) is 11.7. The second-order valence-electron chi connectivity index (χ2n) is 3.74. The lowest BCUT2D eigenvalue weighted by Crippen LogP contribution is -2.33. The Hall–Kier alpha value is -1.42. The van der Waals surface area contributed by atoms with E-state index in [1.54, 1.807) is 11.3 Å². The second-order valence-corrected chi connectivity index (χ2v) is 4.97. The molecule has 0 amide bonds. The van der Waals surface area contributed by atoms with E-state index in [-0.39, 0.29) is 6.42 Å². The number of thiazole rings is 1. The Labute approximate surface area is 98.0 Å². The standard InChI is InChI=1S/C12H13NO2S/c1-3-13-8(2)16-11-5-4-9(6-10(11)13)7-12(14)15/h4-6H,3,7H2,1-2H3/p+1. The maximum Gasteiger partial charge on any atom is 0.307 e. The minimum absolute atomic E-state index is 0.0918. The minimum Gasteiger partial charge on any atom is -0.481 e.